The molecule has 0 fully saturated rings. The van der Waals surface area contributed by atoms with E-state index in [9.17, 15) is 9.59 Å². The molecule has 0 aliphatic carbocycles. The lowest BCUT2D eigenvalue weighted by Crippen LogP contribution is -2.38. The van der Waals surface area contributed by atoms with Gasteiger partial charge in [-0.25, -0.2) is 0 Å². The van der Waals surface area contributed by atoms with Crippen LogP contribution >= 0.6 is 0 Å². The summed E-state index contributed by atoms with van der Waals surface area (Å²) in [5.74, 6) is 0.513. The highest BCUT2D eigenvalue weighted by Crippen LogP contribution is 2.35. The average molecular weight is 324 g/mol. The maximum absolute atomic E-state index is 12.2. The van der Waals surface area contributed by atoms with E-state index < -0.39 is 0 Å². The van der Waals surface area contributed by atoms with Crippen molar-refractivity contribution >= 4 is 23.2 Å². The number of rotatable bonds is 5. The van der Waals surface area contributed by atoms with Gasteiger partial charge in [0.1, 0.15) is 5.75 Å². The Labute approximate surface area is 141 Å². The van der Waals surface area contributed by atoms with Crippen molar-refractivity contribution in [1.29, 1.82) is 0 Å². The minimum atomic E-state index is -0.0749. The first-order valence-corrected chi connectivity index (χ1v) is 8.08. The van der Waals surface area contributed by atoms with E-state index in [0.717, 1.165) is 17.7 Å². The molecule has 2 amide bonds. The number of fused-ring (bicyclic) bond motifs is 1. The first kappa shape index (κ1) is 16.1. The number of amides is 2. The molecule has 2 aromatic carbocycles. The first-order chi connectivity index (χ1) is 11.7. The van der Waals surface area contributed by atoms with Gasteiger partial charge in [-0.05, 0) is 24.1 Å². The Morgan fingerprint density at radius 1 is 1.21 bits per heavy atom. The van der Waals surface area contributed by atoms with Crippen molar-refractivity contribution in [2.75, 3.05) is 16.8 Å². The Balaban J connectivity index is 1.82. The van der Waals surface area contributed by atoms with Gasteiger partial charge in [0.2, 0.25) is 5.91 Å². The minimum Gasteiger partial charge on any atom is -0.481 e. The summed E-state index contributed by atoms with van der Waals surface area (Å²) in [6.45, 7) is 2.46. The molecular formula is C19H20N2O3. The van der Waals surface area contributed by atoms with Crippen LogP contribution < -0.4 is 15.0 Å². The van der Waals surface area contributed by atoms with Crippen LogP contribution in [0.2, 0.25) is 0 Å². The summed E-state index contributed by atoms with van der Waals surface area (Å²) in [5.41, 5.74) is 2.46. The van der Waals surface area contributed by atoms with Crippen molar-refractivity contribution in [2.45, 2.75) is 26.3 Å². The monoisotopic (exact) mass is 324 g/mol. The van der Waals surface area contributed by atoms with Crippen molar-refractivity contribution < 1.29 is 14.3 Å². The summed E-state index contributed by atoms with van der Waals surface area (Å²) < 4.78 is 5.54. The lowest BCUT2D eigenvalue weighted by atomic mass is 10.1. The smallest absolute Gasteiger partial charge is 0.265 e. The van der Waals surface area contributed by atoms with Gasteiger partial charge in [-0.1, -0.05) is 37.3 Å². The van der Waals surface area contributed by atoms with Crippen molar-refractivity contribution in [3.63, 3.8) is 0 Å². The van der Waals surface area contributed by atoms with E-state index in [-0.39, 0.29) is 18.4 Å². The fourth-order valence-corrected chi connectivity index (χ4v) is 2.67. The summed E-state index contributed by atoms with van der Waals surface area (Å²) in [6, 6.07) is 15.2. The van der Waals surface area contributed by atoms with Crippen LogP contribution in [0.5, 0.6) is 5.75 Å². The molecule has 0 unspecified atom stereocenters. The number of anilines is 2. The summed E-state index contributed by atoms with van der Waals surface area (Å²) >= 11 is 0. The van der Waals surface area contributed by atoms with E-state index in [1.165, 1.54) is 0 Å². The molecule has 1 N–H and O–H groups in total. The van der Waals surface area contributed by atoms with Crippen molar-refractivity contribution in [2.24, 2.45) is 0 Å². The van der Waals surface area contributed by atoms with Gasteiger partial charge in [0.05, 0.1) is 12.2 Å². The molecule has 124 valence electrons. The molecule has 0 bridgehead atoms. The van der Waals surface area contributed by atoms with Crippen LogP contribution in [0.15, 0.2) is 48.5 Å². The lowest BCUT2D eigenvalue weighted by molar-refractivity contribution is -0.121. The lowest BCUT2D eigenvalue weighted by Gasteiger charge is -2.29. The summed E-state index contributed by atoms with van der Waals surface area (Å²) in [5, 5.41) is 2.85. The number of ether oxygens (including phenoxy) is 1. The topological polar surface area (TPSA) is 58.6 Å². The number of nitrogens with zero attached hydrogens (tertiary/aromatic N) is 1. The molecule has 24 heavy (non-hydrogen) atoms. The summed E-state index contributed by atoms with van der Waals surface area (Å²) in [4.78, 5) is 25.7. The number of carbonyl (C=O) groups excluding carboxylic acids is 2. The molecule has 1 aliphatic heterocycles. The molecule has 1 heterocycles. The predicted molar refractivity (Wildman–Crippen MR) is 93.1 cm³/mol. The van der Waals surface area contributed by atoms with Gasteiger partial charge in [0, 0.05) is 18.2 Å². The number of hydrogen-bond acceptors (Lipinski definition) is 3. The van der Waals surface area contributed by atoms with Crippen LogP contribution in [-0.4, -0.2) is 18.4 Å². The highest BCUT2D eigenvalue weighted by molar-refractivity contribution is 5.99. The Morgan fingerprint density at radius 2 is 2.00 bits per heavy atom. The normalized spacial score (nSPS) is 13.2. The zero-order chi connectivity index (χ0) is 16.9. The van der Waals surface area contributed by atoms with Crippen LogP contribution in [0, 0.1) is 0 Å². The molecule has 0 saturated carbocycles. The number of carbonyl (C=O) groups is 2. The number of benzene rings is 2. The van der Waals surface area contributed by atoms with Crippen molar-refractivity contribution in [3.05, 3.63) is 54.1 Å². The molecule has 0 spiro atoms. The third-order valence-electron chi connectivity index (χ3n) is 3.85. The van der Waals surface area contributed by atoms with Gasteiger partial charge in [0.25, 0.3) is 5.91 Å². The zero-order valence-electron chi connectivity index (χ0n) is 13.6. The van der Waals surface area contributed by atoms with Gasteiger partial charge in [-0.2, -0.15) is 0 Å². The molecule has 0 radical (unpaired) electrons. The molecule has 3 rings (SSSR count). The van der Waals surface area contributed by atoms with Crippen LogP contribution in [-0.2, 0) is 16.1 Å². The second kappa shape index (κ2) is 7.17. The minimum absolute atomic E-state index is 0.00614. The van der Waals surface area contributed by atoms with Gasteiger partial charge < -0.3 is 15.0 Å². The quantitative estimate of drug-likeness (QED) is 0.917. The molecular weight excluding hydrogens is 304 g/mol. The Morgan fingerprint density at radius 3 is 2.75 bits per heavy atom. The third-order valence-corrected chi connectivity index (χ3v) is 3.85. The van der Waals surface area contributed by atoms with E-state index in [1.807, 2.05) is 43.3 Å². The van der Waals surface area contributed by atoms with Crippen LogP contribution in [0.25, 0.3) is 0 Å². The molecule has 2 aromatic rings. The maximum atomic E-state index is 12.2. The highest BCUT2D eigenvalue weighted by Gasteiger charge is 2.25. The van der Waals surface area contributed by atoms with Crippen molar-refractivity contribution in [1.82, 2.24) is 0 Å². The predicted octanol–water partition coefficient (Wildman–Crippen LogP) is 3.35. The Kier molecular flexibility index (Phi) is 4.79. The molecule has 5 heteroatoms. The van der Waals surface area contributed by atoms with E-state index in [2.05, 4.69) is 5.32 Å². The van der Waals surface area contributed by atoms with E-state index in [4.69, 9.17) is 4.74 Å². The largest absolute Gasteiger partial charge is 0.481 e. The average Bonchev–Trinajstić information content (AvgIpc) is 2.58. The number of nitrogens with one attached hydrogen (secondary N) is 1. The first-order valence-electron chi connectivity index (χ1n) is 8.08. The zero-order valence-corrected chi connectivity index (χ0v) is 13.6. The van der Waals surface area contributed by atoms with Gasteiger partial charge in [-0.15, -0.1) is 0 Å². The standard InChI is InChI=1S/C19H20N2O3/c1-2-6-18(22)20-15-9-10-16-17(11-15)24-13-19(23)21(16)12-14-7-4-3-5-8-14/h3-5,7-11H,2,6,12-13H2,1H3,(H,20,22). The van der Waals surface area contributed by atoms with Crippen LogP contribution in [0.4, 0.5) is 11.4 Å². The van der Waals surface area contributed by atoms with Crippen LogP contribution in [0.1, 0.15) is 25.3 Å². The van der Waals surface area contributed by atoms with Crippen LogP contribution in [0.3, 0.4) is 0 Å². The SMILES string of the molecule is CCCC(=O)Nc1ccc2c(c1)OCC(=O)N2Cc1ccccc1. The highest BCUT2D eigenvalue weighted by atomic mass is 16.5. The molecule has 0 aromatic heterocycles. The fourth-order valence-electron chi connectivity index (χ4n) is 2.67. The van der Waals surface area contributed by atoms with Gasteiger partial charge in [-0.3, -0.25) is 9.59 Å². The molecule has 0 saturated heterocycles. The number of hydrogen-bond donors (Lipinski definition) is 1. The van der Waals surface area contributed by atoms with Crippen molar-refractivity contribution in [3.8, 4) is 5.75 Å². The third kappa shape index (κ3) is 3.56. The molecule has 5 nitrogen and oxygen atoms in total. The van der Waals surface area contributed by atoms with Gasteiger partial charge >= 0.3 is 0 Å². The Hall–Kier alpha value is -2.82. The fraction of sp³-hybridized carbons (Fsp3) is 0.263. The molecule has 0 atom stereocenters. The summed E-state index contributed by atoms with van der Waals surface area (Å²) in [6.07, 6.45) is 1.28. The Bertz CT molecular complexity index is 744. The molecule has 1 aliphatic rings. The van der Waals surface area contributed by atoms with E-state index >= 15 is 0 Å². The maximum Gasteiger partial charge on any atom is 0.265 e. The summed E-state index contributed by atoms with van der Waals surface area (Å²) in [7, 11) is 0. The van der Waals surface area contributed by atoms with E-state index in [0.29, 0.717) is 24.4 Å². The van der Waals surface area contributed by atoms with E-state index in [1.54, 1.807) is 17.0 Å². The van der Waals surface area contributed by atoms with Gasteiger partial charge in [0.15, 0.2) is 6.61 Å². The second-order valence-electron chi connectivity index (χ2n) is 5.73. The second-order valence-corrected chi connectivity index (χ2v) is 5.73.